The SMILES string of the molecule is Cn1c([S+]([O-])CCC2OCCO2)nc2ccccc21. The van der Waals surface area contributed by atoms with Gasteiger partial charge in [-0.15, -0.1) is 0 Å². The fourth-order valence-electron chi connectivity index (χ4n) is 2.20. The molecule has 1 saturated heterocycles. The Morgan fingerprint density at radius 3 is 2.84 bits per heavy atom. The zero-order valence-corrected chi connectivity index (χ0v) is 11.6. The highest BCUT2D eigenvalue weighted by molar-refractivity contribution is 7.91. The van der Waals surface area contributed by atoms with Gasteiger partial charge >= 0.3 is 5.16 Å². The Kier molecular flexibility index (Phi) is 3.74. The summed E-state index contributed by atoms with van der Waals surface area (Å²) in [6.07, 6.45) is 0.425. The van der Waals surface area contributed by atoms with Gasteiger partial charge in [-0.2, -0.15) is 4.98 Å². The Labute approximate surface area is 114 Å². The van der Waals surface area contributed by atoms with Crippen LogP contribution in [-0.4, -0.2) is 39.4 Å². The molecule has 5 nitrogen and oxygen atoms in total. The third-order valence-electron chi connectivity index (χ3n) is 3.18. The average molecular weight is 280 g/mol. The van der Waals surface area contributed by atoms with E-state index in [4.69, 9.17) is 9.47 Å². The molecule has 0 spiro atoms. The summed E-state index contributed by atoms with van der Waals surface area (Å²) in [6.45, 7) is 1.26. The molecular weight excluding hydrogens is 264 g/mol. The Balaban J connectivity index is 1.73. The van der Waals surface area contributed by atoms with Crippen LogP contribution in [0.5, 0.6) is 0 Å². The lowest BCUT2D eigenvalue weighted by Crippen LogP contribution is -2.18. The standard InChI is InChI=1S/C13H16N2O3S/c1-15-11-5-3-2-4-10(11)14-13(15)19(16)9-6-12-17-7-8-18-12/h2-5,12H,6-9H2,1H3. The molecule has 2 aromatic rings. The largest absolute Gasteiger partial charge is 0.609 e. The number of hydrogen-bond acceptors (Lipinski definition) is 4. The van der Waals surface area contributed by atoms with Crippen molar-refractivity contribution in [1.29, 1.82) is 0 Å². The van der Waals surface area contributed by atoms with Gasteiger partial charge < -0.3 is 14.0 Å². The maximum atomic E-state index is 12.3. The van der Waals surface area contributed by atoms with E-state index in [2.05, 4.69) is 4.98 Å². The van der Waals surface area contributed by atoms with E-state index in [9.17, 15) is 4.55 Å². The maximum Gasteiger partial charge on any atom is 0.323 e. The first-order valence-corrected chi connectivity index (χ1v) is 7.60. The van der Waals surface area contributed by atoms with E-state index >= 15 is 0 Å². The van der Waals surface area contributed by atoms with Crippen molar-refractivity contribution in [2.45, 2.75) is 17.9 Å². The first kappa shape index (κ1) is 12.9. The minimum absolute atomic E-state index is 0.210. The first-order chi connectivity index (χ1) is 9.25. The lowest BCUT2D eigenvalue weighted by atomic mass is 10.3. The van der Waals surface area contributed by atoms with Gasteiger partial charge in [0, 0.05) is 24.6 Å². The molecule has 3 rings (SSSR count). The molecule has 1 aromatic carbocycles. The van der Waals surface area contributed by atoms with Gasteiger partial charge in [0.15, 0.2) is 6.29 Å². The fourth-order valence-corrected chi connectivity index (χ4v) is 3.39. The second-order valence-electron chi connectivity index (χ2n) is 4.45. The van der Waals surface area contributed by atoms with E-state index in [1.807, 2.05) is 35.9 Å². The quantitative estimate of drug-likeness (QED) is 0.795. The van der Waals surface area contributed by atoms with Gasteiger partial charge in [-0.3, -0.25) is 4.57 Å². The topological polar surface area (TPSA) is 59.3 Å². The van der Waals surface area contributed by atoms with Crippen LogP contribution in [-0.2, 0) is 27.7 Å². The average Bonchev–Trinajstić information content (AvgIpc) is 3.05. The van der Waals surface area contributed by atoms with Crippen molar-refractivity contribution < 1.29 is 14.0 Å². The second kappa shape index (κ2) is 5.50. The van der Waals surface area contributed by atoms with Crippen LogP contribution in [0, 0.1) is 0 Å². The summed E-state index contributed by atoms with van der Waals surface area (Å²) >= 11 is -1.13. The highest BCUT2D eigenvalue weighted by Gasteiger charge is 2.23. The molecule has 19 heavy (non-hydrogen) atoms. The van der Waals surface area contributed by atoms with Crippen LogP contribution in [0.25, 0.3) is 11.0 Å². The summed E-state index contributed by atoms with van der Waals surface area (Å²) in [5.41, 5.74) is 1.88. The van der Waals surface area contributed by atoms with Crippen molar-refractivity contribution in [3.05, 3.63) is 24.3 Å². The van der Waals surface area contributed by atoms with Gasteiger partial charge in [-0.05, 0) is 12.1 Å². The molecule has 0 N–H and O–H groups in total. The number of benzene rings is 1. The van der Waals surface area contributed by atoms with Gasteiger partial charge in [0.25, 0.3) is 0 Å². The van der Waals surface area contributed by atoms with Crippen LogP contribution in [0.3, 0.4) is 0 Å². The normalized spacial score (nSPS) is 18.2. The number of rotatable bonds is 4. The zero-order chi connectivity index (χ0) is 13.2. The van der Waals surface area contributed by atoms with Crippen LogP contribution in [0.15, 0.2) is 29.4 Å². The number of para-hydroxylation sites is 2. The van der Waals surface area contributed by atoms with E-state index < -0.39 is 11.2 Å². The summed E-state index contributed by atoms with van der Waals surface area (Å²) in [4.78, 5) is 4.44. The summed E-state index contributed by atoms with van der Waals surface area (Å²) in [5.74, 6) is 0.502. The highest BCUT2D eigenvalue weighted by Crippen LogP contribution is 2.20. The van der Waals surface area contributed by atoms with E-state index in [0.29, 0.717) is 30.5 Å². The van der Waals surface area contributed by atoms with Gasteiger partial charge in [0.1, 0.15) is 5.75 Å². The van der Waals surface area contributed by atoms with Gasteiger partial charge in [-0.25, -0.2) is 0 Å². The van der Waals surface area contributed by atoms with Gasteiger partial charge in [-0.1, -0.05) is 12.1 Å². The number of hydrogen-bond donors (Lipinski definition) is 0. The lowest BCUT2D eigenvalue weighted by Gasteiger charge is -2.12. The highest BCUT2D eigenvalue weighted by atomic mass is 32.2. The summed E-state index contributed by atoms with van der Waals surface area (Å²) in [7, 11) is 1.89. The van der Waals surface area contributed by atoms with Crippen LogP contribution in [0.2, 0.25) is 0 Å². The van der Waals surface area contributed by atoms with Crippen molar-refractivity contribution in [2.24, 2.45) is 7.05 Å². The maximum absolute atomic E-state index is 12.3. The molecule has 0 saturated carbocycles. The van der Waals surface area contributed by atoms with Gasteiger partial charge in [0.05, 0.1) is 24.2 Å². The molecule has 1 aliphatic heterocycles. The van der Waals surface area contributed by atoms with E-state index in [1.165, 1.54) is 0 Å². The Morgan fingerprint density at radius 1 is 1.37 bits per heavy atom. The van der Waals surface area contributed by atoms with Crippen molar-refractivity contribution in [3.63, 3.8) is 0 Å². The van der Waals surface area contributed by atoms with E-state index in [1.54, 1.807) is 0 Å². The summed E-state index contributed by atoms with van der Waals surface area (Å²) in [5, 5.41) is 0.610. The molecule has 102 valence electrons. The number of nitrogens with zero attached hydrogens (tertiary/aromatic N) is 2. The summed E-state index contributed by atoms with van der Waals surface area (Å²) < 4.78 is 24.9. The third-order valence-corrected chi connectivity index (χ3v) is 4.56. The van der Waals surface area contributed by atoms with Crippen molar-refractivity contribution in [2.75, 3.05) is 19.0 Å². The second-order valence-corrected chi connectivity index (χ2v) is 5.92. The smallest absolute Gasteiger partial charge is 0.323 e. The Morgan fingerprint density at radius 2 is 2.11 bits per heavy atom. The zero-order valence-electron chi connectivity index (χ0n) is 10.7. The number of aryl methyl sites for hydroxylation is 1. The molecule has 1 unspecified atom stereocenters. The molecule has 1 fully saturated rings. The lowest BCUT2D eigenvalue weighted by molar-refractivity contribution is -0.0424. The van der Waals surface area contributed by atoms with Crippen molar-refractivity contribution in [1.82, 2.24) is 9.55 Å². The van der Waals surface area contributed by atoms with Crippen LogP contribution >= 0.6 is 0 Å². The van der Waals surface area contributed by atoms with Crippen LogP contribution in [0.4, 0.5) is 0 Å². The Hall–Kier alpha value is -1.08. The van der Waals surface area contributed by atoms with Crippen LogP contribution < -0.4 is 0 Å². The molecule has 2 heterocycles. The predicted octanol–water partition coefficient (Wildman–Crippen LogP) is 1.44. The molecule has 0 bridgehead atoms. The molecule has 1 aliphatic rings. The molecule has 0 radical (unpaired) electrons. The number of aromatic nitrogens is 2. The molecular formula is C13H16N2O3S. The van der Waals surface area contributed by atoms with Crippen molar-refractivity contribution in [3.8, 4) is 0 Å². The molecule has 1 aromatic heterocycles. The molecule has 0 amide bonds. The van der Waals surface area contributed by atoms with E-state index in [0.717, 1.165) is 11.0 Å². The molecule has 6 heteroatoms. The fraction of sp³-hybridized carbons (Fsp3) is 0.462. The minimum Gasteiger partial charge on any atom is -0.609 e. The molecule has 0 aliphatic carbocycles. The predicted molar refractivity (Wildman–Crippen MR) is 72.3 cm³/mol. The number of fused-ring (bicyclic) bond motifs is 1. The molecule has 1 atom stereocenters. The van der Waals surface area contributed by atoms with Gasteiger partial charge in [0.2, 0.25) is 0 Å². The first-order valence-electron chi connectivity index (χ1n) is 6.29. The number of ether oxygens (including phenoxy) is 2. The Bertz CT molecular complexity index is 566. The summed E-state index contributed by atoms with van der Waals surface area (Å²) in [6, 6.07) is 7.80. The number of imidazole rings is 1. The third kappa shape index (κ3) is 2.62. The minimum atomic E-state index is -1.13. The van der Waals surface area contributed by atoms with E-state index in [-0.39, 0.29) is 6.29 Å². The van der Waals surface area contributed by atoms with Crippen LogP contribution in [0.1, 0.15) is 6.42 Å². The van der Waals surface area contributed by atoms with Crippen molar-refractivity contribution >= 4 is 22.2 Å². The monoisotopic (exact) mass is 280 g/mol.